The van der Waals surface area contributed by atoms with Crippen LogP contribution < -0.4 is 5.32 Å². The molecule has 1 heterocycles. The van der Waals surface area contributed by atoms with Gasteiger partial charge in [-0.2, -0.15) is 0 Å². The van der Waals surface area contributed by atoms with Gasteiger partial charge in [0.15, 0.2) is 0 Å². The highest BCUT2D eigenvalue weighted by Crippen LogP contribution is 2.20. The Balaban J connectivity index is 2.56. The Morgan fingerprint density at radius 1 is 1.44 bits per heavy atom. The fourth-order valence-corrected chi connectivity index (χ4v) is 1.86. The van der Waals surface area contributed by atoms with Gasteiger partial charge in [-0.3, -0.25) is 0 Å². The van der Waals surface area contributed by atoms with Crippen LogP contribution in [0.3, 0.4) is 0 Å². The van der Waals surface area contributed by atoms with Crippen LogP contribution in [0.2, 0.25) is 0 Å². The van der Waals surface area contributed by atoms with Crippen LogP contribution in [0.15, 0.2) is 18.2 Å². The predicted molar refractivity (Wildman–Crippen MR) is 65.7 cm³/mol. The minimum atomic E-state index is 0.123. The zero-order chi connectivity index (χ0) is 11.5. The first-order valence-corrected chi connectivity index (χ1v) is 5.58. The molecule has 0 saturated heterocycles. The lowest BCUT2D eigenvalue weighted by Crippen LogP contribution is -2.09. The summed E-state index contributed by atoms with van der Waals surface area (Å²) in [4.78, 5) is 4.52. The van der Waals surface area contributed by atoms with Gasteiger partial charge in [0.1, 0.15) is 0 Å². The van der Waals surface area contributed by atoms with Crippen molar-refractivity contribution in [3.63, 3.8) is 0 Å². The Morgan fingerprint density at radius 2 is 2.25 bits per heavy atom. The summed E-state index contributed by atoms with van der Waals surface area (Å²) in [6.07, 6.45) is 0. The van der Waals surface area contributed by atoms with Gasteiger partial charge in [0, 0.05) is 13.1 Å². The third-order valence-electron chi connectivity index (χ3n) is 2.56. The first-order chi connectivity index (χ1) is 7.76. The van der Waals surface area contributed by atoms with Crippen LogP contribution in [0, 0.1) is 6.92 Å². The maximum absolute atomic E-state index is 9.07. The Morgan fingerprint density at radius 3 is 2.94 bits per heavy atom. The number of aromatic nitrogens is 2. The molecule has 0 amide bonds. The number of hydrogen-bond donors (Lipinski definition) is 2. The molecule has 0 spiro atoms. The molecule has 4 heteroatoms. The van der Waals surface area contributed by atoms with Gasteiger partial charge in [-0.25, -0.2) is 4.98 Å². The van der Waals surface area contributed by atoms with E-state index in [4.69, 9.17) is 5.11 Å². The second-order valence-electron chi connectivity index (χ2n) is 3.83. The zero-order valence-electron chi connectivity index (χ0n) is 9.70. The molecular formula is C12H17N3O. The summed E-state index contributed by atoms with van der Waals surface area (Å²) in [6, 6.07) is 6.17. The molecule has 2 rings (SSSR count). The second kappa shape index (κ2) is 4.53. The molecule has 0 atom stereocenters. The van der Waals surface area contributed by atoms with Crippen LogP contribution in [0.1, 0.15) is 12.5 Å². The third-order valence-corrected chi connectivity index (χ3v) is 2.56. The van der Waals surface area contributed by atoms with Gasteiger partial charge in [-0.1, -0.05) is 6.07 Å². The lowest BCUT2D eigenvalue weighted by molar-refractivity contribution is 0.278. The number of benzene rings is 1. The number of fused-ring (bicyclic) bond motifs is 1. The van der Waals surface area contributed by atoms with E-state index in [-0.39, 0.29) is 6.61 Å². The molecule has 0 aliphatic rings. The number of nitrogens with one attached hydrogen (secondary N) is 1. The van der Waals surface area contributed by atoms with E-state index in [2.05, 4.69) is 29.4 Å². The largest absolute Gasteiger partial charge is 0.395 e. The minimum Gasteiger partial charge on any atom is -0.395 e. The molecule has 2 aromatic rings. The quantitative estimate of drug-likeness (QED) is 0.824. The molecule has 16 heavy (non-hydrogen) atoms. The molecule has 1 aromatic heterocycles. The summed E-state index contributed by atoms with van der Waals surface area (Å²) in [5.74, 6) is 0.831. The lowest BCUT2D eigenvalue weighted by atomic mass is 10.2. The van der Waals surface area contributed by atoms with Gasteiger partial charge >= 0.3 is 0 Å². The van der Waals surface area contributed by atoms with Crippen molar-refractivity contribution in [2.45, 2.75) is 20.4 Å². The average Bonchev–Trinajstić information content (AvgIpc) is 2.57. The van der Waals surface area contributed by atoms with Crippen molar-refractivity contribution in [2.75, 3.05) is 18.5 Å². The number of aliphatic hydroxyl groups excluding tert-OH is 1. The van der Waals surface area contributed by atoms with Gasteiger partial charge in [-0.15, -0.1) is 0 Å². The molecule has 0 radical (unpaired) electrons. The molecule has 4 nitrogen and oxygen atoms in total. The Labute approximate surface area is 94.9 Å². The van der Waals surface area contributed by atoms with Crippen molar-refractivity contribution in [1.82, 2.24) is 9.55 Å². The van der Waals surface area contributed by atoms with E-state index in [0.717, 1.165) is 23.5 Å². The van der Waals surface area contributed by atoms with Crippen LogP contribution in [-0.4, -0.2) is 27.8 Å². The fourth-order valence-electron chi connectivity index (χ4n) is 1.86. The SMILES string of the molecule is CCNc1nc2cc(C)ccc2n1CCO. The Hall–Kier alpha value is -1.55. The van der Waals surface area contributed by atoms with Crippen LogP contribution in [0.4, 0.5) is 5.95 Å². The van der Waals surface area contributed by atoms with Crippen LogP contribution >= 0.6 is 0 Å². The smallest absolute Gasteiger partial charge is 0.203 e. The fraction of sp³-hybridized carbons (Fsp3) is 0.417. The number of hydrogen-bond acceptors (Lipinski definition) is 3. The maximum atomic E-state index is 9.07. The van der Waals surface area contributed by atoms with E-state index in [1.807, 2.05) is 17.6 Å². The summed E-state index contributed by atoms with van der Waals surface area (Å²) < 4.78 is 2.01. The Bertz CT molecular complexity index is 490. The molecule has 2 N–H and O–H groups in total. The molecule has 0 aliphatic heterocycles. The first-order valence-electron chi connectivity index (χ1n) is 5.58. The molecule has 0 unspecified atom stereocenters. The van der Waals surface area contributed by atoms with Crippen molar-refractivity contribution in [1.29, 1.82) is 0 Å². The molecule has 0 saturated carbocycles. The zero-order valence-corrected chi connectivity index (χ0v) is 9.70. The van der Waals surface area contributed by atoms with Crippen molar-refractivity contribution in [3.05, 3.63) is 23.8 Å². The summed E-state index contributed by atoms with van der Waals surface area (Å²) >= 11 is 0. The van der Waals surface area contributed by atoms with E-state index in [0.29, 0.717) is 6.54 Å². The summed E-state index contributed by atoms with van der Waals surface area (Å²) in [7, 11) is 0. The van der Waals surface area contributed by atoms with Gasteiger partial charge in [-0.05, 0) is 31.5 Å². The van der Waals surface area contributed by atoms with E-state index in [1.165, 1.54) is 5.56 Å². The van der Waals surface area contributed by atoms with Gasteiger partial charge in [0.2, 0.25) is 5.95 Å². The summed E-state index contributed by atoms with van der Waals surface area (Å²) in [5.41, 5.74) is 3.24. The Kier molecular flexibility index (Phi) is 3.10. The van der Waals surface area contributed by atoms with Gasteiger partial charge in [0.25, 0.3) is 0 Å². The van der Waals surface area contributed by atoms with Crippen molar-refractivity contribution >= 4 is 17.0 Å². The summed E-state index contributed by atoms with van der Waals surface area (Å²) in [5, 5.41) is 12.3. The van der Waals surface area contributed by atoms with E-state index in [9.17, 15) is 0 Å². The van der Waals surface area contributed by atoms with E-state index in [1.54, 1.807) is 0 Å². The molecule has 0 fully saturated rings. The van der Waals surface area contributed by atoms with E-state index < -0.39 is 0 Å². The number of imidazole rings is 1. The van der Waals surface area contributed by atoms with Crippen LogP contribution in [0.25, 0.3) is 11.0 Å². The monoisotopic (exact) mass is 219 g/mol. The number of nitrogens with zero attached hydrogens (tertiary/aromatic N) is 2. The van der Waals surface area contributed by atoms with Gasteiger partial charge < -0.3 is 15.0 Å². The summed E-state index contributed by atoms with van der Waals surface area (Å²) in [6.45, 7) is 5.61. The van der Waals surface area contributed by atoms with Crippen molar-refractivity contribution in [3.8, 4) is 0 Å². The average molecular weight is 219 g/mol. The highest BCUT2D eigenvalue weighted by molar-refractivity contribution is 5.79. The lowest BCUT2D eigenvalue weighted by Gasteiger charge is -2.07. The molecular weight excluding hydrogens is 202 g/mol. The number of aliphatic hydroxyl groups is 1. The second-order valence-corrected chi connectivity index (χ2v) is 3.83. The topological polar surface area (TPSA) is 50.1 Å². The third kappa shape index (κ3) is 1.88. The molecule has 0 aliphatic carbocycles. The predicted octanol–water partition coefficient (Wildman–Crippen LogP) is 1.77. The molecule has 1 aromatic carbocycles. The molecule has 0 bridgehead atoms. The highest BCUT2D eigenvalue weighted by atomic mass is 16.3. The first kappa shape index (κ1) is 11.0. The normalized spacial score (nSPS) is 10.9. The van der Waals surface area contributed by atoms with Crippen LogP contribution in [-0.2, 0) is 6.54 Å². The molecule has 86 valence electrons. The number of rotatable bonds is 4. The van der Waals surface area contributed by atoms with Crippen molar-refractivity contribution in [2.24, 2.45) is 0 Å². The van der Waals surface area contributed by atoms with Gasteiger partial charge in [0.05, 0.1) is 17.6 Å². The highest BCUT2D eigenvalue weighted by Gasteiger charge is 2.09. The minimum absolute atomic E-state index is 0.123. The van der Waals surface area contributed by atoms with E-state index >= 15 is 0 Å². The van der Waals surface area contributed by atoms with Crippen molar-refractivity contribution < 1.29 is 5.11 Å². The maximum Gasteiger partial charge on any atom is 0.203 e. The number of aryl methyl sites for hydroxylation is 1. The standard InChI is InChI=1S/C12H17N3O/c1-3-13-12-14-10-8-9(2)4-5-11(10)15(12)6-7-16/h4-5,8,16H,3,6-7H2,1-2H3,(H,13,14). The number of anilines is 1. The van der Waals surface area contributed by atoms with Crippen LogP contribution in [0.5, 0.6) is 0 Å².